The van der Waals surface area contributed by atoms with Gasteiger partial charge < -0.3 is 10.8 Å². The summed E-state index contributed by atoms with van der Waals surface area (Å²) in [5.41, 5.74) is 5.87. The molecule has 0 unspecified atom stereocenters. The molecule has 0 radical (unpaired) electrons. The van der Waals surface area contributed by atoms with Gasteiger partial charge in [0.1, 0.15) is 0 Å². The number of benzene rings is 1. The molecule has 1 rings (SSSR count). The van der Waals surface area contributed by atoms with Gasteiger partial charge >= 0.3 is 5.97 Å². The standard InChI is InChI=1S/C10H12N2O4/c11-6-8(10(13)14)4-7-2-1-3-9(5-7)12(15)16/h1-3,5,8H,4,6,11H2,(H,13,14)/t8-/m1/s1. The molecule has 0 saturated heterocycles. The molecule has 1 aromatic rings. The van der Waals surface area contributed by atoms with Crippen LogP contribution in [-0.4, -0.2) is 22.5 Å². The minimum Gasteiger partial charge on any atom is -0.481 e. The first-order chi connectivity index (χ1) is 7.54. The summed E-state index contributed by atoms with van der Waals surface area (Å²) in [5, 5.41) is 19.3. The lowest BCUT2D eigenvalue weighted by Crippen LogP contribution is -2.25. The molecule has 0 aliphatic rings. The van der Waals surface area contributed by atoms with Crippen molar-refractivity contribution in [2.75, 3.05) is 6.54 Å². The van der Waals surface area contributed by atoms with Crippen molar-refractivity contribution in [3.63, 3.8) is 0 Å². The summed E-state index contributed by atoms with van der Waals surface area (Å²) in [6.45, 7) is 0.0119. The van der Waals surface area contributed by atoms with Crippen LogP contribution in [0.5, 0.6) is 0 Å². The van der Waals surface area contributed by atoms with Gasteiger partial charge in [0.2, 0.25) is 0 Å². The van der Waals surface area contributed by atoms with Crippen LogP contribution in [0.15, 0.2) is 24.3 Å². The van der Waals surface area contributed by atoms with Crippen molar-refractivity contribution in [2.24, 2.45) is 11.7 Å². The molecule has 1 aromatic carbocycles. The molecule has 0 amide bonds. The number of carboxylic acids is 1. The Kier molecular flexibility index (Phi) is 3.96. The Morgan fingerprint density at radius 1 is 1.56 bits per heavy atom. The van der Waals surface area contributed by atoms with Crippen molar-refractivity contribution in [3.05, 3.63) is 39.9 Å². The van der Waals surface area contributed by atoms with Crippen molar-refractivity contribution in [1.29, 1.82) is 0 Å². The highest BCUT2D eigenvalue weighted by Crippen LogP contribution is 2.16. The number of hydrogen-bond donors (Lipinski definition) is 2. The highest BCUT2D eigenvalue weighted by molar-refractivity contribution is 5.70. The van der Waals surface area contributed by atoms with Crippen LogP contribution >= 0.6 is 0 Å². The maximum absolute atomic E-state index is 10.7. The first-order valence-corrected chi connectivity index (χ1v) is 4.70. The summed E-state index contributed by atoms with van der Waals surface area (Å²) in [7, 11) is 0. The van der Waals surface area contributed by atoms with Gasteiger partial charge in [0.15, 0.2) is 0 Å². The van der Waals surface area contributed by atoms with Crippen molar-refractivity contribution in [1.82, 2.24) is 0 Å². The van der Waals surface area contributed by atoms with E-state index in [9.17, 15) is 14.9 Å². The van der Waals surface area contributed by atoms with E-state index in [-0.39, 0.29) is 18.7 Å². The van der Waals surface area contributed by atoms with Gasteiger partial charge in [-0.2, -0.15) is 0 Å². The number of non-ortho nitro benzene ring substituents is 1. The molecule has 0 aromatic heterocycles. The largest absolute Gasteiger partial charge is 0.481 e. The maximum atomic E-state index is 10.7. The number of hydrogen-bond acceptors (Lipinski definition) is 4. The third-order valence-electron chi connectivity index (χ3n) is 2.24. The van der Waals surface area contributed by atoms with Crippen LogP contribution in [0.4, 0.5) is 5.69 Å². The van der Waals surface area contributed by atoms with Crippen LogP contribution in [0.25, 0.3) is 0 Å². The van der Waals surface area contributed by atoms with Crippen LogP contribution < -0.4 is 5.73 Å². The Labute approximate surface area is 91.8 Å². The van der Waals surface area contributed by atoms with Crippen molar-refractivity contribution >= 4 is 11.7 Å². The molecule has 1 atom stereocenters. The molecule has 0 aliphatic heterocycles. The van der Waals surface area contributed by atoms with Crippen LogP contribution in [0.3, 0.4) is 0 Å². The number of aliphatic carboxylic acids is 1. The fourth-order valence-corrected chi connectivity index (χ4v) is 1.35. The molecule has 0 bridgehead atoms. The van der Waals surface area contributed by atoms with Gasteiger partial charge in [-0.3, -0.25) is 14.9 Å². The Morgan fingerprint density at radius 2 is 2.25 bits per heavy atom. The van der Waals surface area contributed by atoms with Crippen molar-refractivity contribution in [2.45, 2.75) is 6.42 Å². The second kappa shape index (κ2) is 5.22. The number of nitrogens with two attached hydrogens (primary N) is 1. The van der Waals surface area contributed by atoms with Gasteiger partial charge in [0.25, 0.3) is 5.69 Å². The summed E-state index contributed by atoms with van der Waals surface area (Å²) in [4.78, 5) is 20.7. The third kappa shape index (κ3) is 3.03. The Hall–Kier alpha value is -1.95. The summed E-state index contributed by atoms with van der Waals surface area (Å²) in [6.07, 6.45) is 0.202. The summed E-state index contributed by atoms with van der Waals surface area (Å²) in [6, 6.07) is 5.91. The summed E-state index contributed by atoms with van der Waals surface area (Å²) in [5.74, 6) is -1.70. The van der Waals surface area contributed by atoms with Crippen LogP contribution in [-0.2, 0) is 11.2 Å². The van der Waals surface area contributed by atoms with Crippen molar-refractivity contribution < 1.29 is 14.8 Å². The average Bonchev–Trinajstić information content (AvgIpc) is 2.25. The highest BCUT2D eigenvalue weighted by atomic mass is 16.6. The zero-order valence-electron chi connectivity index (χ0n) is 8.50. The smallest absolute Gasteiger partial charge is 0.308 e. The maximum Gasteiger partial charge on any atom is 0.308 e. The number of nitro groups is 1. The molecular formula is C10H12N2O4. The molecule has 0 heterocycles. The first-order valence-electron chi connectivity index (χ1n) is 4.70. The zero-order chi connectivity index (χ0) is 12.1. The minimum absolute atomic E-state index is 0.0119. The van der Waals surface area contributed by atoms with E-state index in [1.54, 1.807) is 6.07 Å². The van der Waals surface area contributed by atoms with Gasteiger partial charge in [-0.15, -0.1) is 0 Å². The molecule has 3 N–H and O–H groups in total. The molecule has 0 aliphatic carbocycles. The molecular weight excluding hydrogens is 212 g/mol. The van der Waals surface area contributed by atoms with E-state index < -0.39 is 16.8 Å². The SMILES string of the molecule is NC[C@@H](Cc1cccc([N+](=O)[O-])c1)C(=O)O. The molecule has 0 spiro atoms. The zero-order valence-corrected chi connectivity index (χ0v) is 8.50. The highest BCUT2D eigenvalue weighted by Gasteiger charge is 2.17. The molecule has 6 nitrogen and oxygen atoms in total. The van der Waals surface area contributed by atoms with E-state index in [0.717, 1.165) is 0 Å². The van der Waals surface area contributed by atoms with E-state index in [1.807, 2.05) is 0 Å². The first kappa shape index (κ1) is 12.1. The predicted molar refractivity (Wildman–Crippen MR) is 57.0 cm³/mol. The van der Waals surface area contributed by atoms with E-state index in [4.69, 9.17) is 10.8 Å². The average molecular weight is 224 g/mol. The topological polar surface area (TPSA) is 106 Å². The van der Waals surface area contributed by atoms with E-state index in [0.29, 0.717) is 5.56 Å². The summed E-state index contributed by atoms with van der Waals surface area (Å²) < 4.78 is 0. The van der Waals surface area contributed by atoms with E-state index in [2.05, 4.69) is 0 Å². The number of nitrogens with zero attached hydrogens (tertiary/aromatic N) is 1. The number of nitro benzene ring substituents is 1. The molecule has 0 fully saturated rings. The molecule has 6 heteroatoms. The summed E-state index contributed by atoms with van der Waals surface area (Å²) >= 11 is 0. The Balaban J connectivity index is 2.84. The second-order valence-electron chi connectivity index (χ2n) is 3.40. The van der Waals surface area contributed by atoms with Gasteiger partial charge in [0.05, 0.1) is 10.8 Å². The van der Waals surface area contributed by atoms with Gasteiger partial charge in [-0.1, -0.05) is 12.1 Å². The van der Waals surface area contributed by atoms with E-state index >= 15 is 0 Å². The Morgan fingerprint density at radius 3 is 2.75 bits per heavy atom. The lowest BCUT2D eigenvalue weighted by atomic mass is 9.99. The lowest BCUT2D eigenvalue weighted by molar-refractivity contribution is -0.384. The van der Waals surface area contributed by atoms with Crippen molar-refractivity contribution in [3.8, 4) is 0 Å². The fourth-order valence-electron chi connectivity index (χ4n) is 1.35. The van der Waals surface area contributed by atoms with Crippen LogP contribution in [0.2, 0.25) is 0 Å². The monoisotopic (exact) mass is 224 g/mol. The minimum atomic E-state index is -0.992. The molecule has 0 saturated carbocycles. The van der Waals surface area contributed by atoms with E-state index in [1.165, 1.54) is 18.2 Å². The third-order valence-corrected chi connectivity index (χ3v) is 2.24. The Bertz CT molecular complexity index is 406. The van der Waals surface area contributed by atoms with Gasteiger partial charge in [-0.05, 0) is 12.0 Å². The molecule has 16 heavy (non-hydrogen) atoms. The number of carboxylic acid groups (broad SMARTS) is 1. The molecule has 86 valence electrons. The van der Waals surface area contributed by atoms with Gasteiger partial charge in [0, 0.05) is 18.7 Å². The lowest BCUT2D eigenvalue weighted by Gasteiger charge is -2.08. The van der Waals surface area contributed by atoms with Crippen LogP contribution in [0, 0.1) is 16.0 Å². The van der Waals surface area contributed by atoms with Crippen LogP contribution in [0.1, 0.15) is 5.56 Å². The second-order valence-corrected chi connectivity index (χ2v) is 3.40. The fraction of sp³-hybridized carbons (Fsp3) is 0.300. The normalized spacial score (nSPS) is 12.1. The predicted octanol–water partition coefficient (Wildman–Crippen LogP) is 0.797. The van der Waals surface area contributed by atoms with Gasteiger partial charge in [-0.25, -0.2) is 0 Å². The number of rotatable bonds is 5. The number of carbonyl (C=O) groups is 1. The quantitative estimate of drug-likeness (QED) is 0.568.